The van der Waals surface area contributed by atoms with Crippen molar-refractivity contribution < 1.29 is 4.92 Å². The van der Waals surface area contributed by atoms with Crippen molar-refractivity contribution in [3.8, 4) is 0 Å². The van der Waals surface area contributed by atoms with Crippen molar-refractivity contribution in [2.24, 2.45) is 11.8 Å². The molecule has 0 amide bonds. The summed E-state index contributed by atoms with van der Waals surface area (Å²) in [4.78, 5) is 13.1. The number of halogens is 1. The van der Waals surface area contributed by atoms with Gasteiger partial charge >= 0.3 is 0 Å². The number of nitro groups is 1. The first-order valence-corrected chi connectivity index (χ1v) is 7.71. The van der Waals surface area contributed by atoms with Crippen LogP contribution in [0.4, 0.5) is 11.4 Å². The second-order valence-corrected chi connectivity index (χ2v) is 6.13. The fraction of sp³-hybridized carbons (Fsp3) is 0.571. The topological polar surface area (TPSA) is 46.4 Å². The number of piperidine rings is 1. The van der Waals surface area contributed by atoms with Crippen LogP contribution in [0.1, 0.15) is 25.8 Å². The highest BCUT2D eigenvalue weighted by Crippen LogP contribution is 2.34. The molecule has 19 heavy (non-hydrogen) atoms. The van der Waals surface area contributed by atoms with Gasteiger partial charge < -0.3 is 4.90 Å². The minimum atomic E-state index is -0.272. The molecular formula is C14H19BrN2O2. The Morgan fingerprint density at radius 2 is 2.00 bits per heavy atom. The third-order valence-electron chi connectivity index (χ3n) is 3.60. The van der Waals surface area contributed by atoms with E-state index in [2.05, 4.69) is 34.7 Å². The van der Waals surface area contributed by atoms with Crippen LogP contribution >= 0.6 is 15.9 Å². The smallest absolute Gasteiger partial charge is 0.292 e. The van der Waals surface area contributed by atoms with Gasteiger partial charge in [-0.1, -0.05) is 35.8 Å². The van der Waals surface area contributed by atoms with Crippen LogP contribution < -0.4 is 4.90 Å². The highest BCUT2D eigenvalue weighted by atomic mass is 79.9. The van der Waals surface area contributed by atoms with E-state index in [1.807, 2.05) is 12.1 Å². The van der Waals surface area contributed by atoms with Crippen LogP contribution in [0.3, 0.4) is 0 Å². The number of alkyl halides is 1. The molecule has 104 valence electrons. The van der Waals surface area contributed by atoms with E-state index in [0.29, 0.717) is 17.2 Å². The zero-order valence-electron chi connectivity index (χ0n) is 11.3. The van der Waals surface area contributed by atoms with Crippen molar-refractivity contribution in [2.45, 2.75) is 25.6 Å². The number of nitrogens with zero attached hydrogens (tertiary/aromatic N) is 2. The van der Waals surface area contributed by atoms with Crippen LogP contribution in [-0.2, 0) is 5.33 Å². The molecule has 0 spiro atoms. The van der Waals surface area contributed by atoms with Gasteiger partial charge in [0, 0.05) is 24.5 Å². The van der Waals surface area contributed by atoms with Crippen LogP contribution in [0.15, 0.2) is 18.2 Å². The molecule has 4 nitrogen and oxygen atoms in total. The second-order valence-electron chi connectivity index (χ2n) is 5.56. The predicted octanol–water partition coefficient (Wildman–Crippen LogP) is 3.97. The van der Waals surface area contributed by atoms with Crippen molar-refractivity contribution in [3.63, 3.8) is 0 Å². The molecule has 5 heteroatoms. The number of benzene rings is 1. The van der Waals surface area contributed by atoms with Gasteiger partial charge in [-0.2, -0.15) is 0 Å². The lowest BCUT2D eigenvalue weighted by Crippen LogP contribution is -2.39. The Balaban J connectivity index is 2.35. The van der Waals surface area contributed by atoms with Crippen LogP contribution in [0.2, 0.25) is 0 Å². The Kier molecular flexibility index (Phi) is 4.45. The van der Waals surface area contributed by atoms with Gasteiger partial charge in [0.15, 0.2) is 0 Å². The van der Waals surface area contributed by atoms with Gasteiger partial charge in [-0.15, -0.1) is 0 Å². The molecule has 1 aromatic rings. The Bertz CT molecular complexity index is 469. The number of rotatable bonds is 3. The molecule has 1 aliphatic rings. The Morgan fingerprint density at radius 3 is 2.53 bits per heavy atom. The van der Waals surface area contributed by atoms with Gasteiger partial charge in [0.25, 0.3) is 5.69 Å². The van der Waals surface area contributed by atoms with Crippen LogP contribution in [0, 0.1) is 22.0 Å². The molecule has 1 saturated heterocycles. The van der Waals surface area contributed by atoms with Gasteiger partial charge in [0.1, 0.15) is 5.69 Å². The molecule has 1 aliphatic heterocycles. The largest absolute Gasteiger partial charge is 0.365 e. The Morgan fingerprint density at radius 1 is 1.37 bits per heavy atom. The first kappa shape index (κ1) is 14.3. The summed E-state index contributed by atoms with van der Waals surface area (Å²) in [6, 6.07) is 5.52. The van der Waals surface area contributed by atoms with Crippen LogP contribution in [0.5, 0.6) is 0 Å². The normalized spacial score (nSPS) is 23.4. The van der Waals surface area contributed by atoms with Crippen molar-refractivity contribution in [3.05, 3.63) is 33.9 Å². The molecule has 1 fully saturated rings. The maximum absolute atomic E-state index is 11.3. The Hall–Kier alpha value is -1.10. The molecular weight excluding hydrogens is 308 g/mol. The standard InChI is InChI=1S/C14H19BrN2O2/c1-10-5-11(2)9-16(8-10)13-4-3-12(7-15)6-14(13)17(18)19/h3-4,6,10-11H,5,7-9H2,1-2H3. The summed E-state index contributed by atoms with van der Waals surface area (Å²) in [5.41, 5.74) is 1.92. The van der Waals surface area contributed by atoms with Gasteiger partial charge in [-0.3, -0.25) is 10.1 Å². The molecule has 2 rings (SSSR count). The predicted molar refractivity (Wildman–Crippen MR) is 80.9 cm³/mol. The summed E-state index contributed by atoms with van der Waals surface area (Å²) in [5, 5.41) is 11.9. The monoisotopic (exact) mass is 326 g/mol. The first-order chi connectivity index (χ1) is 9.01. The minimum absolute atomic E-state index is 0.221. The third-order valence-corrected chi connectivity index (χ3v) is 4.25. The van der Waals surface area contributed by atoms with E-state index >= 15 is 0 Å². The molecule has 1 heterocycles. The maximum atomic E-state index is 11.3. The summed E-state index contributed by atoms with van der Waals surface area (Å²) >= 11 is 3.34. The summed E-state index contributed by atoms with van der Waals surface area (Å²) in [6.07, 6.45) is 1.20. The van der Waals surface area contributed by atoms with Crippen LogP contribution in [-0.4, -0.2) is 18.0 Å². The summed E-state index contributed by atoms with van der Waals surface area (Å²) in [6.45, 7) is 6.22. The Labute approximate surface area is 122 Å². The van der Waals surface area contributed by atoms with Crippen molar-refractivity contribution >= 4 is 27.3 Å². The molecule has 0 aliphatic carbocycles. The summed E-state index contributed by atoms with van der Waals surface area (Å²) < 4.78 is 0. The number of anilines is 1. The molecule has 0 bridgehead atoms. The van der Waals surface area contributed by atoms with E-state index in [1.54, 1.807) is 6.07 Å². The SMILES string of the molecule is CC1CC(C)CN(c2ccc(CBr)cc2[N+](=O)[O-])C1. The summed E-state index contributed by atoms with van der Waals surface area (Å²) in [7, 11) is 0. The van der Waals surface area contributed by atoms with Crippen molar-refractivity contribution in [2.75, 3.05) is 18.0 Å². The lowest BCUT2D eigenvalue weighted by atomic mass is 9.91. The molecule has 0 radical (unpaired) electrons. The van der Waals surface area contributed by atoms with E-state index in [4.69, 9.17) is 0 Å². The molecule has 0 aromatic heterocycles. The average Bonchev–Trinajstić information content (AvgIpc) is 2.36. The van der Waals surface area contributed by atoms with Crippen molar-refractivity contribution in [1.82, 2.24) is 0 Å². The lowest BCUT2D eigenvalue weighted by Gasteiger charge is -2.36. The van der Waals surface area contributed by atoms with Gasteiger partial charge in [0.2, 0.25) is 0 Å². The maximum Gasteiger partial charge on any atom is 0.292 e. The fourth-order valence-electron chi connectivity index (χ4n) is 2.93. The average molecular weight is 327 g/mol. The fourth-order valence-corrected chi connectivity index (χ4v) is 3.27. The van der Waals surface area contributed by atoms with Gasteiger partial charge in [-0.05, 0) is 29.9 Å². The zero-order valence-corrected chi connectivity index (χ0v) is 12.9. The van der Waals surface area contributed by atoms with E-state index < -0.39 is 0 Å². The summed E-state index contributed by atoms with van der Waals surface area (Å²) in [5.74, 6) is 1.17. The second kappa shape index (κ2) is 5.90. The van der Waals surface area contributed by atoms with Gasteiger partial charge in [0.05, 0.1) is 4.92 Å². The zero-order chi connectivity index (χ0) is 14.0. The van der Waals surface area contributed by atoms with Gasteiger partial charge in [-0.25, -0.2) is 0 Å². The first-order valence-electron chi connectivity index (χ1n) is 6.59. The molecule has 0 N–H and O–H groups in total. The number of hydrogen-bond acceptors (Lipinski definition) is 3. The highest BCUT2D eigenvalue weighted by Gasteiger charge is 2.26. The third kappa shape index (κ3) is 3.26. The lowest BCUT2D eigenvalue weighted by molar-refractivity contribution is -0.384. The van der Waals surface area contributed by atoms with Crippen LogP contribution in [0.25, 0.3) is 0 Å². The van der Waals surface area contributed by atoms with E-state index in [0.717, 1.165) is 24.3 Å². The molecule has 2 unspecified atom stereocenters. The van der Waals surface area contributed by atoms with E-state index in [1.165, 1.54) is 6.42 Å². The highest BCUT2D eigenvalue weighted by molar-refractivity contribution is 9.08. The minimum Gasteiger partial charge on any atom is -0.365 e. The number of hydrogen-bond donors (Lipinski definition) is 0. The number of nitro benzene ring substituents is 1. The van der Waals surface area contributed by atoms with Crippen molar-refractivity contribution in [1.29, 1.82) is 0 Å². The molecule has 0 saturated carbocycles. The molecule has 2 atom stereocenters. The quantitative estimate of drug-likeness (QED) is 0.479. The molecule has 1 aromatic carbocycles. The van der Waals surface area contributed by atoms with E-state index in [9.17, 15) is 10.1 Å². The van der Waals surface area contributed by atoms with E-state index in [-0.39, 0.29) is 10.6 Å².